The minimum atomic E-state index is -4.84. The first-order valence-corrected chi connectivity index (χ1v) is 7.68. The number of pyridine rings is 1. The van der Waals surface area contributed by atoms with Gasteiger partial charge in [0.05, 0.1) is 5.56 Å². The van der Waals surface area contributed by atoms with Crippen molar-refractivity contribution in [2.45, 2.75) is 24.4 Å². The van der Waals surface area contributed by atoms with Crippen LogP contribution in [0.2, 0.25) is 5.15 Å². The summed E-state index contributed by atoms with van der Waals surface area (Å²) in [6.45, 7) is 1.77. The summed E-state index contributed by atoms with van der Waals surface area (Å²) in [5.74, 6) is -1.09. The molecule has 1 aliphatic carbocycles. The molecule has 1 amide bonds. The van der Waals surface area contributed by atoms with Gasteiger partial charge < -0.3 is 0 Å². The Morgan fingerprint density at radius 2 is 2.05 bits per heavy atom. The maximum absolute atomic E-state index is 12.7. The lowest BCUT2D eigenvalue weighted by molar-refractivity contribution is -0.137. The fourth-order valence-corrected chi connectivity index (χ4v) is 2.94. The van der Waals surface area contributed by atoms with Gasteiger partial charge in [0.1, 0.15) is 10.0 Å². The third-order valence-electron chi connectivity index (χ3n) is 3.11. The zero-order chi connectivity index (χ0) is 16.0. The van der Waals surface area contributed by atoms with Crippen LogP contribution in [0.25, 0.3) is 0 Å². The van der Waals surface area contributed by atoms with Gasteiger partial charge in [0, 0.05) is 12.1 Å². The number of sulfonamides is 1. The largest absolute Gasteiger partial charge is 0.419 e. The standard InChI is InChI=1S/C11H10ClF3N2O3S/c1-5-2-7(5)10(18)17-21(19,20)6-3-8(11(13,14)15)9(12)16-4-6/h3-5,7H,2H2,1H3,(H,17,18)/t5-,7-/m1/s1. The molecular formula is C11H10ClF3N2O3S. The molecule has 0 radical (unpaired) electrons. The second-order valence-corrected chi connectivity index (χ2v) is 6.84. The molecular weight excluding hydrogens is 333 g/mol. The smallest absolute Gasteiger partial charge is 0.274 e. The molecule has 2 rings (SSSR count). The quantitative estimate of drug-likeness (QED) is 0.854. The predicted octanol–water partition coefficient (Wildman–Crippen LogP) is 2.21. The van der Waals surface area contributed by atoms with E-state index in [0.717, 1.165) is 0 Å². The van der Waals surface area contributed by atoms with Crippen LogP contribution in [-0.4, -0.2) is 19.3 Å². The molecule has 1 aromatic heterocycles. The van der Waals surface area contributed by atoms with E-state index in [1.165, 1.54) is 0 Å². The number of rotatable bonds is 3. The predicted molar refractivity (Wildman–Crippen MR) is 66.8 cm³/mol. The van der Waals surface area contributed by atoms with Gasteiger partial charge in [-0.05, 0) is 18.4 Å². The van der Waals surface area contributed by atoms with Crippen LogP contribution in [0.5, 0.6) is 0 Å². The van der Waals surface area contributed by atoms with Crippen LogP contribution in [0, 0.1) is 11.8 Å². The highest BCUT2D eigenvalue weighted by molar-refractivity contribution is 7.90. The molecule has 0 unspecified atom stereocenters. The molecule has 21 heavy (non-hydrogen) atoms. The highest BCUT2D eigenvalue weighted by atomic mass is 35.5. The van der Waals surface area contributed by atoms with Crippen LogP contribution in [-0.2, 0) is 21.0 Å². The first-order chi connectivity index (χ1) is 9.52. The molecule has 116 valence electrons. The van der Waals surface area contributed by atoms with Gasteiger partial charge in [-0.15, -0.1) is 0 Å². The van der Waals surface area contributed by atoms with Gasteiger partial charge in [0.2, 0.25) is 5.91 Å². The van der Waals surface area contributed by atoms with Crippen LogP contribution in [0.15, 0.2) is 17.2 Å². The molecule has 0 aromatic carbocycles. The first kappa shape index (κ1) is 16.0. The number of alkyl halides is 3. The SMILES string of the molecule is C[C@@H]1C[C@H]1C(=O)NS(=O)(=O)c1cnc(Cl)c(C(F)(F)F)c1. The Hall–Kier alpha value is -1.35. The van der Waals surface area contributed by atoms with Gasteiger partial charge in [-0.1, -0.05) is 18.5 Å². The Bertz CT molecular complexity index is 690. The van der Waals surface area contributed by atoms with E-state index in [9.17, 15) is 26.4 Å². The van der Waals surface area contributed by atoms with Gasteiger partial charge in [0.25, 0.3) is 10.0 Å². The number of aromatic nitrogens is 1. The van der Waals surface area contributed by atoms with E-state index in [-0.39, 0.29) is 5.92 Å². The van der Waals surface area contributed by atoms with Crippen molar-refractivity contribution in [2.24, 2.45) is 11.8 Å². The average Bonchev–Trinajstić information content (AvgIpc) is 3.04. The second-order valence-electron chi connectivity index (χ2n) is 4.80. The van der Waals surface area contributed by atoms with E-state index in [2.05, 4.69) is 4.98 Å². The molecule has 0 aliphatic heterocycles. The highest BCUT2D eigenvalue weighted by Gasteiger charge is 2.41. The average molecular weight is 343 g/mol. The number of carbonyl (C=O) groups is 1. The maximum Gasteiger partial charge on any atom is 0.419 e. The topological polar surface area (TPSA) is 76.1 Å². The van der Waals surface area contributed by atoms with E-state index in [4.69, 9.17) is 11.6 Å². The minimum Gasteiger partial charge on any atom is -0.274 e. The lowest BCUT2D eigenvalue weighted by atomic mass is 10.3. The Kier molecular flexibility index (Phi) is 3.92. The number of nitrogens with one attached hydrogen (secondary N) is 1. The van der Waals surface area contributed by atoms with Crippen molar-refractivity contribution in [1.29, 1.82) is 0 Å². The Balaban J connectivity index is 2.30. The molecule has 1 aliphatic rings. The van der Waals surface area contributed by atoms with Gasteiger partial charge in [0.15, 0.2) is 0 Å². The number of nitrogens with zero attached hydrogens (tertiary/aromatic N) is 1. The zero-order valence-electron chi connectivity index (χ0n) is 10.6. The summed E-state index contributed by atoms with van der Waals surface area (Å²) in [6, 6.07) is 0.348. The molecule has 1 aromatic rings. The molecule has 0 saturated heterocycles. The number of hydrogen-bond donors (Lipinski definition) is 1. The third kappa shape index (κ3) is 3.46. The van der Waals surface area contributed by atoms with Crippen molar-refractivity contribution in [1.82, 2.24) is 9.71 Å². The summed E-state index contributed by atoms with van der Waals surface area (Å²) in [6.07, 6.45) is -3.62. The molecule has 1 saturated carbocycles. The van der Waals surface area contributed by atoms with E-state index < -0.39 is 43.6 Å². The fraction of sp³-hybridized carbons (Fsp3) is 0.455. The van der Waals surface area contributed by atoms with Crippen molar-refractivity contribution in [3.63, 3.8) is 0 Å². The number of amides is 1. The summed E-state index contributed by atoms with van der Waals surface area (Å²) in [7, 11) is -4.41. The Labute approximate surface area is 123 Å². The van der Waals surface area contributed by atoms with E-state index in [1.54, 1.807) is 11.6 Å². The molecule has 10 heteroatoms. The van der Waals surface area contributed by atoms with Gasteiger partial charge >= 0.3 is 6.18 Å². The molecule has 0 spiro atoms. The van der Waals surface area contributed by atoms with Crippen molar-refractivity contribution in [2.75, 3.05) is 0 Å². The van der Waals surface area contributed by atoms with Crippen molar-refractivity contribution in [3.05, 3.63) is 23.0 Å². The lowest BCUT2D eigenvalue weighted by Gasteiger charge is -2.11. The summed E-state index contributed by atoms with van der Waals surface area (Å²) in [5, 5.41) is -0.858. The summed E-state index contributed by atoms with van der Waals surface area (Å²) in [5.41, 5.74) is -1.38. The maximum atomic E-state index is 12.7. The number of halogens is 4. The van der Waals surface area contributed by atoms with Gasteiger partial charge in [-0.3, -0.25) is 4.79 Å². The highest BCUT2D eigenvalue weighted by Crippen LogP contribution is 2.38. The van der Waals surface area contributed by atoms with Crippen molar-refractivity contribution >= 4 is 27.5 Å². The molecule has 5 nitrogen and oxygen atoms in total. The number of carbonyl (C=O) groups excluding carboxylic acids is 1. The van der Waals surface area contributed by atoms with Crippen LogP contribution in [0.1, 0.15) is 18.9 Å². The lowest BCUT2D eigenvalue weighted by Crippen LogP contribution is -2.32. The molecule has 1 fully saturated rings. The first-order valence-electron chi connectivity index (χ1n) is 5.82. The van der Waals surface area contributed by atoms with Crippen LogP contribution in [0.3, 0.4) is 0 Å². The molecule has 2 atom stereocenters. The van der Waals surface area contributed by atoms with Crippen LogP contribution in [0.4, 0.5) is 13.2 Å². The van der Waals surface area contributed by atoms with E-state index >= 15 is 0 Å². The summed E-state index contributed by atoms with van der Waals surface area (Å²) >= 11 is 5.30. The monoisotopic (exact) mass is 342 g/mol. The molecule has 1 N–H and O–H groups in total. The van der Waals surface area contributed by atoms with Crippen LogP contribution < -0.4 is 4.72 Å². The van der Waals surface area contributed by atoms with E-state index in [1.807, 2.05) is 0 Å². The van der Waals surface area contributed by atoms with Crippen LogP contribution >= 0.6 is 11.6 Å². The van der Waals surface area contributed by atoms with Crippen molar-refractivity contribution < 1.29 is 26.4 Å². The Morgan fingerprint density at radius 1 is 1.48 bits per heavy atom. The third-order valence-corrected chi connectivity index (χ3v) is 4.73. The fourth-order valence-electron chi connectivity index (χ4n) is 1.73. The molecule has 0 bridgehead atoms. The Morgan fingerprint density at radius 3 is 2.52 bits per heavy atom. The van der Waals surface area contributed by atoms with Crippen molar-refractivity contribution in [3.8, 4) is 0 Å². The number of hydrogen-bond acceptors (Lipinski definition) is 4. The minimum absolute atomic E-state index is 0.0641. The van der Waals surface area contributed by atoms with E-state index in [0.29, 0.717) is 18.7 Å². The summed E-state index contributed by atoms with van der Waals surface area (Å²) in [4.78, 5) is 14.0. The summed E-state index contributed by atoms with van der Waals surface area (Å²) < 4.78 is 63.5. The second kappa shape index (κ2) is 5.13. The molecule has 1 heterocycles. The van der Waals surface area contributed by atoms with Gasteiger partial charge in [-0.2, -0.15) is 13.2 Å². The van der Waals surface area contributed by atoms with Gasteiger partial charge in [-0.25, -0.2) is 18.1 Å². The normalized spacial score (nSPS) is 22.0. The zero-order valence-corrected chi connectivity index (χ0v) is 12.2.